The van der Waals surface area contributed by atoms with Crippen molar-refractivity contribution < 1.29 is 4.79 Å². The summed E-state index contributed by atoms with van der Waals surface area (Å²) < 4.78 is 0. The second-order valence-corrected chi connectivity index (χ2v) is 6.19. The Morgan fingerprint density at radius 3 is 2.31 bits per heavy atom. The Balaban J connectivity index is 2.05. The number of hydrogen-bond acceptors (Lipinski definition) is 4. The molecule has 0 unspecified atom stereocenters. The largest absolute Gasteiger partial charge is 0.357 e. The van der Waals surface area contributed by atoms with E-state index < -0.39 is 0 Å². The number of aromatic nitrogens is 1. The molecule has 1 amide bonds. The van der Waals surface area contributed by atoms with Gasteiger partial charge in [0.05, 0.1) is 5.56 Å². The minimum atomic E-state index is -0.136. The monoisotopic (exact) mass is 354 g/mol. The van der Waals surface area contributed by atoms with Crippen LogP contribution in [0.1, 0.15) is 43.6 Å². The molecule has 2 rings (SSSR count). The number of nitrogens with one attached hydrogen (secondary N) is 1. The van der Waals surface area contributed by atoms with E-state index in [0.29, 0.717) is 5.56 Å². The van der Waals surface area contributed by atoms with E-state index in [1.54, 1.807) is 6.20 Å². The number of pyridine rings is 1. The van der Waals surface area contributed by atoms with Gasteiger partial charge in [-0.05, 0) is 56.8 Å². The van der Waals surface area contributed by atoms with Crippen LogP contribution in [0.2, 0.25) is 0 Å². The Labute approximate surface area is 157 Å². The fraction of sp³-hybridized carbons (Fsp3) is 0.429. The van der Waals surface area contributed by atoms with Gasteiger partial charge >= 0.3 is 0 Å². The van der Waals surface area contributed by atoms with Crippen LogP contribution in [0.4, 0.5) is 11.5 Å². The normalized spacial score (nSPS) is 10.8. The van der Waals surface area contributed by atoms with Crippen molar-refractivity contribution in [1.29, 1.82) is 0 Å². The summed E-state index contributed by atoms with van der Waals surface area (Å²) in [7, 11) is 0. The smallest absolute Gasteiger partial charge is 0.257 e. The van der Waals surface area contributed by atoms with Crippen LogP contribution in [-0.4, -0.2) is 42.0 Å². The molecular weight excluding hydrogens is 324 g/mol. The molecule has 140 valence electrons. The van der Waals surface area contributed by atoms with Crippen molar-refractivity contribution in [2.75, 3.05) is 36.4 Å². The third-order valence-electron chi connectivity index (χ3n) is 4.58. The Hall–Kier alpha value is -2.40. The van der Waals surface area contributed by atoms with Gasteiger partial charge in [0.25, 0.3) is 5.91 Å². The average Bonchev–Trinajstić information content (AvgIpc) is 2.68. The molecule has 0 fully saturated rings. The molecule has 1 heterocycles. The highest BCUT2D eigenvalue weighted by Gasteiger charge is 2.10. The van der Waals surface area contributed by atoms with Crippen LogP contribution in [0.3, 0.4) is 0 Å². The summed E-state index contributed by atoms with van der Waals surface area (Å²) in [6.07, 6.45) is 1.64. The molecule has 2 aromatic rings. The molecule has 0 saturated heterocycles. The molecule has 0 bridgehead atoms. The Bertz CT molecular complexity index is 691. The number of carbonyl (C=O) groups excluding carboxylic acids is 1. The Morgan fingerprint density at radius 1 is 1.00 bits per heavy atom. The third-order valence-corrected chi connectivity index (χ3v) is 4.58. The van der Waals surface area contributed by atoms with Crippen molar-refractivity contribution in [3.63, 3.8) is 0 Å². The predicted molar refractivity (Wildman–Crippen MR) is 109 cm³/mol. The molecule has 0 radical (unpaired) electrons. The molecule has 1 N–H and O–H groups in total. The molecule has 0 atom stereocenters. The first-order valence-corrected chi connectivity index (χ1v) is 9.44. The van der Waals surface area contributed by atoms with Crippen molar-refractivity contribution in [3.05, 3.63) is 53.7 Å². The molecule has 1 aromatic heterocycles. The molecule has 0 aliphatic rings. The minimum absolute atomic E-state index is 0.136. The highest BCUT2D eigenvalue weighted by molar-refractivity contribution is 6.04. The third kappa shape index (κ3) is 5.30. The predicted octanol–water partition coefficient (Wildman–Crippen LogP) is 4.02. The van der Waals surface area contributed by atoms with Crippen molar-refractivity contribution in [1.82, 2.24) is 9.88 Å². The number of benzene rings is 1. The summed E-state index contributed by atoms with van der Waals surface area (Å²) in [4.78, 5) is 21.4. The molecule has 5 heteroatoms. The number of rotatable bonds is 9. The molecule has 0 saturated carbocycles. The minimum Gasteiger partial charge on any atom is -0.357 e. The maximum atomic E-state index is 12.5. The van der Waals surface area contributed by atoms with Gasteiger partial charge in [-0.1, -0.05) is 26.0 Å². The summed E-state index contributed by atoms with van der Waals surface area (Å²) in [5.74, 6) is 0.761. The van der Waals surface area contributed by atoms with Gasteiger partial charge in [-0.3, -0.25) is 9.69 Å². The lowest BCUT2D eigenvalue weighted by Gasteiger charge is -2.19. The first kappa shape index (κ1) is 19.9. The summed E-state index contributed by atoms with van der Waals surface area (Å²) in [6.45, 7) is 13.2. The van der Waals surface area contributed by atoms with Crippen LogP contribution in [0, 0.1) is 0 Å². The lowest BCUT2D eigenvalue weighted by Crippen LogP contribution is -2.23. The van der Waals surface area contributed by atoms with E-state index in [0.717, 1.165) is 44.2 Å². The highest BCUT2D eigenvalue weighted by atomic mass is 16.1. The van der Waals surface area contributed by atoms with Gasteiger partial charge in [0, 0.05) is 31.5 Å². The van der Waals surface area contributed by atoms with E-state index in [1.807, 2.05) is 30.3 Å². The lowest BCUT2D eigenvalue weighted by molar-refractivity contribution is 0.102. The molecule has 1 aromatic carbocycles. The molecule has 0 spiro atoms. The quantitative estimate of drug-likeness (QED) is 0.739. The average molecular weight is 354 g/mol. The van der Waals surface area contributed by atoms with Crippen molar-refractivity contribution in [3.8, 4) is 0 Å². The van der Waals surface area contributed by atoms with Crippen LogP contribution in [0.5, 0.6) is 0 Å². The molecular formula is C21H30N4O. The first-order chi connectivity index (χ1) is 12.6. The topological polar surface area (TPSA) is 48.5 Å². The standard InChI is InChI=1S/C21H30N4O/c1-5-24(6-2)16-17-10-9-11-19(14-17)23-21(26)18-12-13-20(22-15-18)25(7-3)8-4/h9-15H,5-8,16H2,1-4H3,(H,23,26). The summed E-state index contributed by atoms with van der Waals surface area (Å²) in [5.41, 5.74) is 2.57. The molecule has 0 aliphatic carbocycles. The van der Waals surface area contributed by atoms with Gasteiger partial charge in [0.2, 0.25) is 0 Å². The second-order valence-electron chi connectivity index (χ2n) is 6.19. The van der Waals surface area contributed by atoms with Crippen molar-refractivity contribution >= 4 is 17.4 Å². The van der Waals surface area contributed by atoms with E-state index in [9.17, 15) is 4.79 Å². The molecule has 5 nitrogen and oxygen atoms in total. The zero-order valence-corrected chi connectivity index (χ0v) is 16.3. The molecule has 0 aliphatic heterocycles. The zero-order chi connectivity index (χ0) is 18.9. The van der Waals surface area contributed by atoms with Crippen LogP contribution in [0.15, 0.2) is 42.6 Å². The van der Waals surface area contributed by atoms with Gasteiger partial charge in [0.15, 0.2) is 0 Å². The maximum Gasteiger partial charge on any atom is 0.257 e. The lowest BCUT2D eigenvalue weighted by atomic mass is 10.1. The SMILES string of the molecule is CCN(CC)Cc1cccc(NC(=O)c2ccc(N(CC)CC)nc2)c1. The fourth-order valence-corrected chi connectivity index (χ4v) is 2.91. The van der Waals surface area contributed by atoms with Crippen molar-refractivity contribution in [2.45, 2.75) is 34.2 Å². The van der Waals surface area contributed by atoms with Crippen LogP contribution < -0.4 is 10.2 Å². The summed E-state index contributed by atoms with van der Waals surface area (Å²) in [5, 5.41) is 2.97. The van der Waals surface area contributed by atoms with Gasteiger partial charge in [-0.2, -0.15) is 0 Å². The second kappa shape index (κ2) is 9.92. The zero-order valence-electron chi connectivity index (χ0n) is 16.3. The molecule has 26 heavy (non-hydrogen) atoms. The van der Waals surface area contributed by atoms with Crippen LogP contribution in [0.25, 0.3) is 0 Å². The maximum absolute atomic E-state index is 12.5. The number of anilines is 2. The van der Waals surface area contributed by atoms with Crippen molar-refractivity contribution in [2.24, 2.45) is 0 Å². The van der Waals surface area contributed by atoms with Crippen LogP contribution in [-0.2, 0) is 6.54 Å². The Kier molecular flexibility index (Phi) is 7.60. The number of nitrogens with zero attached hydrogens (tertiary/aromatic N) is 3. The van der Waals surface area contributed by atoms with Crippen LogP contribution >= 0.6 is 0 Å². The highest BCUT2D eigenvalue weighted by Crippen LogP contribution is 2.15. The number of hydrogen-bond donors (Lipinski definition) is 1. The fourth-order valence-electron chi connectivity index (χ4n) is 2.91. The number of carbonyl (C=O) groups is 1. The van der Waals surface area contributed by atoms with E-state index in [2.05, 4.69) is 53.9 Å². The van der Waals surface area contributed by atoms with Gasteiger partial charge in [0.1, 0.15) is 5.82 Å². The summed E-state index contributed by atoms with van der Waals surface area (Å²) >= 11 is 0. The van der Waals surface area contributed by atoms with Gasteiger partial charge in [-0.15, -0.1) is 0 Å². The number of amides is 1. The first-order valence-electron chi connectivity index (χ1n) is 9.44. The van der Waals surface area contributed by atoms with Gasteiger partial charge in [-0.25, -0.2) is 4.98 Å². The Morgan fingerprint density at radius 2 is 1.73 bits per heavy atom. The van der Waals surface area contributed by atoms with E-state index in [4.69, 9.17) is 0 Å². The van der Waals surface area contributed by atoms with E-state index >= 15 is 0 Å². The van der Waals surface area contributed by atoms with E-state index in [-0.39, 0.29) is 5.91 Å². The van der Waals surface area contributed by atoms with E-state index in [1.165, 1.54) is 5.56 Å². The summed E-state index contributed by atoms with van der Waals surface area (Å²) in [6, 6.07) is 11.8. The van der Waals surface area contributed by atoms with Gasteiger partial charge < -0.3 is 10.2 Å².